The number of alkyl halides is 5. The van der Waals surface area contributed by atoms with Gasteiger partial charge in [0.15, 0.2) is 11.4 Å². The number of nitrogens with zero attached hydrogens (tertiary/aromatic N) is 1. The van der Waals surface area contributed by atoms with Crippen molar-refractivity contribution in [2.24, 2.45) is 0 Å². The van der Waals surface area contributed by atoms with E-state index in [2.05, 4.69) is 14.5 Å². The van der Waals surface area contributed by atoms with Crippen LogP contribution in [0.2, 0.25) is 0 Å². The van der Waals surface area contributed by atoms with E-state index in [0.717, 1.165) is 7.11 Å². The predicted molar refractivity (Wildman–Crippen MR) is 49.4 cm³/mol. The second-order valence-corrected chi connectivity index (χ2v) is 3.07. The van der Waals surface area contributed by atoms with Gasteiger partial charge in [0.1, 0.15) is 11.3 Å². The van der Waals surface area contributed by atoms with Crippen LogP contribution in [0.1, 0.15) is 22.5 Å². The molecule has 0 saturated carbocycles. The normalized spacial score (nSPS) is 11.5. The number of halogens is 5. The number of carboxylic acid groups (broad SMARTS) is 1. The van der Waals surface area contributed by atoms with Crippen molar-refractivity contribution in [2.45, 2.75) is 12.8 Å². The zero-order chi connectivity index (χ0) is 14.8. The number of carboxylic acids is 1. The molecule has 106 valence electrons. The minimum Gasteiger partial charge on any atom is -0.494 e. The summed E-state index contributed by atoms with van der Waals surface area (Å²) in [5.41, 5.74) is -2.61. The van der Waals surface area contributed by atoms with Crippen molar-refractivity contribution >= 4 is 5.97 Å². The number of hydrogen-bond donors (Lipinski definition) is 1. The maximum Gasteiger partial charge on any atom is 0.573 e. The Labute approximate surface area is 102 Å². The molecule has 5 nitrogen and oxygen atoms in total. The number of carbonyl (C=O) groups is 1. The van der Waals surface area contributed by atoms with Crippen LogP contribution in [0, 0.1) is 0 Å². The first-order valence-corrected chi connectivity index (χ1v) is 4.51. The molecule has 0 aromatic carbocycles. The van der Waals surface area contributed by atoms with Crippen LogP contribution in [-0.2, 0) is 0 Å². The third-order valence-electron chi connectivity index (χ3n) is 1.89. The van der Waals surface area contributed by atoms with E-state index in [0.29, 0.717) is 6.20 Å². The molecule has 1 N–H and O–H groups in total. The maximum atomic E-state index is 12.7. The van der Waals surface area contributed by atoms with E-state index in [1.807, 2.05) is 0 Å². The Morgan fingerprint density at radius 2 is 2.00 bits per heavy atom. The quantitative estimate of drug-likeness (QED) is 0.862. The van der Waals surface area contributed by atoms with Crippen LogP contribution < -0.4 is 9.47 Å². The van der Waals surface area contributed by atoms with Gasteiger partial charge < -0.3 is 14.6 Å². The van der Waals surface area contributed by atoms with Crippen molar-refractivity contribution in [1.82, 2.24) is 4.98 Å². The first-order valence-electron chi connectivity index (χ1n) is 4.51. The molecule has 0 radical (unpaired) electrons. The summed E-state index contributed by atoms with van der Waals surface area (Å²) in [5, 5.41) is 8.64. The zero-order valence-electron chi connectivity index (χ0n) is 9.16. The Hall–Kier alpha value is -2.13. The number of aromatic carboxylic acids is 1. The highest BCUT2D eigenvalue weighted by Crippen LogP contribution is 2.40. The van der Waals surface area contributed by atoms with Gasteiger partial charge >= 0.3 is 12.3 Å². The Morgan fingerprint density at radius 3 is 2.37 bits per heavy atom. The first kappa shape index (κ1) is 14.9. The molecular weight excluding hydrogens is 281 g/mol. The van der Waals surface area contributed by atoms with Gasteiger partial charge in [0.2, 0.25) is 0 Å². The number of aromatic nitrogens is 1. The van der Waals surface area contributed by atoms with Gasteiger partial charge in [0.25, 0.3) is 6.43 Å². The SMILES string of the molecule is COc1cnc(C(=O)O)c(OC(F)(F)F)c1C(F)F. The van der Waals surface area contributed by atoms with Crippen molar-refractivity contribution in [1.29, 1.82) is 0 Å². The second-order valence-electron chi connectivity index (χ2n) is 3.07. The summed E-state index contributed by atoms with van der Waals surface area (Å²) >= 11 is 0. The lowest BCUT2D eigenvalue weighted by atomic mass is 10.2. The number of rotatable bonds is 4. The van der Waals surface area contributed by atoms with Crippen LogP contribution in [0.5, 0.6) is 11.5 Å². The molecule has 1 rings (SSSR count). The molecule has 0 aliphatic heterocycles. The minimum absolute atomic E-state index is 0.578. The fourth-order valence-corrected chi connectivity index (χ4v) is 1.23. The number of pyridine rings is 1. The molecule has 0 saturated heterocycles. The molecule has 0 unspecified atom stereocenters. The topological polar surface area (TPSA) is 68.7 Å². The van der Waals surface area contributed by atoms with E-state index < -0.39 is 41.5 Å². The summed E-state index contributed by atoms with van der Waals surface area (Å²) in [4.78, 5) is 13.8. The fraction of sp³-hybridized carbons (Fsp3) is 0.333. The van der Waals surface area contributed by atoms with E-state index in [1.165, 1.54) is 0 Å². The molecule has 0 aliphatic rings. The number of hydrogen-bond acceptors (Lipinski definition) is 4. The predicted octanol–water partition coefficient (Wildman–Crippen LogP) is 2.62. The van der Waals surface area contributed by atoms with E-state index >= 15 is 0 Å². The third-order valence-corrected chi connectivity index (χ3v) is 1.89. The lowest BCUT2D eigenvalue weighted by molar-refractivity contribution is -0.275. The van der Waals surface area contributed by atoms with Crippen LogP contribution in [0.3, 0.4) is 0 Å². The lowest BCUT2D eigenvalue weighted by Crippen LogP contribution is -2.21. The molecule has 0 aliphatic carbocycles. The summed E-state index contributed by atoms with van der Waals surface area (Å²) < 4.78 is 69.6. The number of ether oxygens (including phenoxy) is 2. The molecule has 0 bridgehead atoms. The van der Waals surface area contributed by atoms with Crippen LogP contribution in [0.4, 0.5) is 22.0 Å². The molecule has 0 spiro atoms. The Morgan fingerprint density at radius 1 is 1.42 bits per heavy atom. The van der Waals surface area contributed by atoms with Crippen molar-refractivity contribution in [3.63, 3.8) is 0 Å². The molecule has 1 aromatic rings. The molecule has 19 heavy (non-hydrogen) atoms. The highest BCUT2D eigenvalue weighted by molar-refractivity contribution is 5.89. The van der Waals surface area contributed by atoms with E-state index in [1.54, 1.807) is 0 Å². The fourth-order valence-electron chi connectivity index (χ4n) is 1.23. The molecule has 1 heterocycles. The van der Waals surface area contributed by atoms with Gasteiger partial charge in [0.05, 0.1) is 13.3 Å². The van der Waals surface area contributed by atoms with Gasteiger partial charge in [-0.05, 0) is 0 Å². The Balaban J connectivity index is 3.53. The molecule has 0 amide bonds. The van der Waals surface area contributed by atoms with E-state index in [-0.39, 0.29) is 0 Å². The van der Waals surface area contributed by atoms with E-state index in [4.69, 9.17) is 5.11 Å². The smallest absolute Gasteiger partial charge is 0.494 e. The van der Waals surface area contributed by atoms with Gasteiger partial charge in [-0.2, -0.15) is 0 Å². The highest BCUT2D eigenvalue weighted by Gasteiger charge is 2.37. The molecule has 1 aromatic heterocycles. The summed E-state index contributed by atoms with van der Waals surface area (Å²) in [6.45, 7) is 0. The van der Waals surface area contributed by atoms with Crippen LogP contribution in [-0.4, -0.2) is 29.5 Å². The average molecular weight is 287 g/mol. The van der Waals surface area contributed by atoms with Crippen LogP contribution in [0.15, 0.2) is 6.20 Å². The first-order chi connectivity index (χ1) is 8.67. The molecule has 0 fully saturated rings. The summed E-state index contributed by atoms with van der Waals surface area (Å²) in [5.74, 6) is -4.24. The van der Waals surface area contributed by atoms with Gasteiger partial charge in [-0.1, -0.05) is 0 Å². The Kier molecular flexibility index (Phi) is 4.12. The zero-order valence-corrected chi connectivity index (χ0v) is 9.16. The summed E-state index contributed by atoms with van der Waals surface area (Å²) in [6, 6.07) is 0. The van der Waals surface area contributed by atoms with Gasteiger partial charge in [-0.25, -0.2) is 18.6 Å². The largest absolute Gasteiger partial charge is 0.573 e. The van der Waals surface area contributed by atoms with Gasteiger partial charge in [-0.3, -0.25) is 0 Å². The molecular formula is C9H6F5NO4. The highest BCUT2D eigenvalue weighted by atomic mass is 19.4. The third kappa shape index (κ3) is 3.42. The van der Waals surface area contributed by atoms with Crippen molar-refractivity contribution in [3.8, 4) is 11.5 Å². The molecule has 0 atom stereocenters. The van der Waals surface area contributed by atoms with Crippen molar-refractivity contribution < 1.29 is 41.3 Å². The Bertz CT molecular complexity index is 488. The lowest BCUT2D eigenvalue weighted by Gasteiger charge is -2.16. The van der Waals surface area contributed by atoms with Crippen LogP contribution in [0.25, 0.3) is 0 Å². The van der Waals surface area contributed by atoms with Gasteiger partial charge in [-0.15, -0.1) is 13.2 Å². The number of methoxy groups -OCH3 is 1. The van der Waals surface area contributed by atoms with Crippen LogP contribution >= 0.6 is 0 Å². The molecule has 10 heteroatoms. The monoisotopic (exact) mass is 287 g/mol. The van der Waals surface area contributed by atoms with Crippen molar-refractivity contribution in [2.75, 3.05) is 7.11 Å². The summed E-state index contributed by atoms with van der Waals surface area (Å²) in [7, 11) is 0.917. The minimum atomic E-state index is -5.35. The van der Waals surface area contributed by atoms with Crippen molar-refractivity contribution in [3.05, 3.63) is 17.5 Å². The standard InChI is InChI=1S/C9H6F5NO4/c1-18-3-2-15-5(8(16)17)6(4(3)7(10)11)19-9(12,13)14/h2,7H,1H3,(H,16,17). The van der Waals surface area contributed by atoms with E-state index in [9.17, 15) is 26.7 Å². The average Bonchev–Trinajstić information content (AvgIpc) is 2.25. The summed E-state index contributed by atoms with van der Waals surface area (Å²) in [6.07, 6.45) is -8.20. The second kappa shape index (κ2) is 5.24. The maximum absolute atomic E-state index is 12.7. The van der Waals surface area contributed by atoms with Gasteiger partial charge in [0, 0.05) is 0 Å².